The molecular weight excluding hydrogens is 628 g/mol. The van der Waals surface area contributed by atoms with E-state index in [0.29, 0.717) is 77.3 Å². The van der Waals surface area contributed by atoms with Gasteiger partial charge in [0, 0.05) is 18.7 Å². The van der Waals surface area contributed by atoms with Crippen molar-refractivity contribution < 1.29 is 52.7 Å². The first-order chi connectivity index (χ1) is 22.8. The Hall–Kier alpha value is -3.34. The molecule has 15 heteroatoms. The molecule has 15 nitrogen and oxygen atoms in total. The van der Waals surface area contributed by atoms with Crippen molar-refractivity contribution in [3.63, 3.8) is 0 Å². The number of nitrogens with one attached hydrogen (secondary N) is 4. The first kappa shape index (κ1) is 42.7. The van der Waals surface area contributed by atoms with Crippen LogP contribution in [-0.4, -0.2) is 119 Å². The van der Waals surface area contributed by atoms with Crippen LogP contribution in [0, 0.1) is 5.92 Å². The van der Waals surface area contributed by atoms with Crippen LogP contribution in [0.3, 0.4) is 0 Å². The molecule has 5 N–H and O–H groups in total. The molecule has 0 radical (unpaired) electrons. The van der Waals surface area contributed by atoms with Gasteiger partial charge in [-0.1, -0.05) is 26.0 Å². The first-order valence-electron chi connectivity index (χ1n) is 16.3. The van der Waals surface area contributed by atoms with Crippen LogP contribution in [0.15, 0.2) is 24.3 Å². The molecule has 1 aromatic rings. The summed E-state index contributed by atoms with van der Waals surface area (Å²) in [6.45, 7) is 14.4. The Morgan fingerprint density at radius 2 is 1.21 bits per heavy atom. The molecule has 0 heterocycles. The van der Waals surface area contributed by atoms with Gasteiger partial charge in [0.05, 0.1) is 72.7 Å². The summed E-state index contributed by atoms with van der Waals surface area (Å²) in [5, 5.41) is 19.8. The van der Waals surface area contributed by atoms with Crippen LogP contribution in [0.1, 0.15) is 53.5 Å². The third kappa shape index (κ3) is 21.5. The van der Waals surface area contributed by atoms with Gasteiger partial charge in [0.2, 0.25) is 17.7 Å². The van der Waals surface area contributed by atoms with E-state index in [0.717, 1.165) is 0 Å². The van der Waals surface area contributed by atoms with E-state index < -0.39 is 35.6 Å². The molecule has 0 aliphatic heterocycles. The third-order valence-electron chi connectivity index (χ3n) is 6.30. The molecule has 0 bridgehead atoms. The number of aliphatic hydroxyl groups is 1. The number of rotatable bonds is 25. The molecule has 0 aliphatic carbocycles. The minimum atomic E-state index is -0.839. The Kier molecular flexibility index (Phi) is 22.0. The minimum absolute atomic E-state index is 0.0630. The van der Waals surface area contributed by atoms with Gasteiger partial charge < -0.3 is 54.8 Å². The van der Waals surface area contributed by atoms with Gasteiger partial charge in [0.1, 0.15) is 17.7 Å². The Bertz CT molecular complexity index is 1060. The van der Waals surface area contributed by atoms with Gasteiger partial charge in [-0.15, -0.1) is 0 Å². The number of benzene rings is 1. The van der Waals surface area contributed by atoms with Gasteiger partial charge in [-0.05, 0) is 51.3 Å². The number of ether oxygens (including phenoxy) is 6. The lowest BCUT2D eigenvalue weighted by molar-refractivity contribution is -0.132. The Balaban J connectivity index is 2.04. The number of aliphatic hydroxyl groups excluding tert-OH is 1. The monoisotopic (exact) mass is 684 g/mol. The molecule has 0 fully saturated rings. The largest absolute Gasteiger partial charge is 0.444 e. The quantitative estimate of drug-likeness (QED) is 0.0943. The summed E-state index contributed by atoms with van der Waals surface area (Å²) in [4.78, 5) is 49.3. The summed E-state index contributed by atoms with van der Waals surface area (Å²) in [7, 11) is 0. The van der Waals surface area contributed by atoms with E-state index in [2.05, 4.69) is 21.3 Å². The highest BCUT2D eigenvalue weighted by Gasteiger charge is 2.27. The van der Waals surface area contributed by atoms with Crippen LogP contribution in [0.4, 0.5) is 10.5 Å². The van der Waals surface area contributed by atoms with Crippen molar-refractivity contribution in [1.29, 1.82) is 0 Å². The highest BCUT2D eigenvalue weighted by Crippen LogP contribution is 2.10. The van der Waals surface area contributed by atoms with Gasteiger partial charge >= 0.3 is 6.09 Å². The zero-order valence-corrected chi connectivity index (χ0v) is 29.3. The first-order valence-corrected chi connectivity index (χ1v) is 16.3. The Morgan fingerprint density at radius 1 is 0.708 bits per heavy atom. The fourth-order valence-electron chi connectivity index (χ4n) is 3.78. The molecule has 0 saturated heterocycles. The van der Waals surface area contributed by atoms with Crippen molar-refractivity contribution >= 4 is 29.5 Å². The second-order valence-electron chi connectivity index (χ2n) is 12.1. The van der Waals surface area contributed by atoms with Crippen LogP contribution < -0.4 is 21.3 Å². The summed E-state index contributed by atoms with van der Waals surface area (Å²) in [6.07, 6.45) is -0.412. The molecule has 1 rings (SSSR count). The molecule has 274 valence electrons. The standard InChI is InChI=1S/C33H56N4O11/c1-24(2)29(31(41)35-25(3)30(40)36-27-9-7-26(23-38)8-10-27)37-28(39)11-13-43-15-17-45-19-21-47-22-20-46-18-16-44-14-12-34-32(42)48-33(4,5)6/h7-10,24-25,29,38H,11-23H2,1-6H3,(H,34,42)(H,35,41)(H,36,40)(H,37,39)/t25-,29-/m0/s1. The number of carbonyl (C=O) groups is 4. The molecule has 0 aromatic heterocycles. The zero-order valence-electron chi connectivity index (χ0n) is 29.3. The summed E-state index contributed by atoms with van der Waals surface area (Å²) in [6, 6.07) is 5.05. The summed E-state index contributed by atoms with van der Waals surface area (Å²) < 4.78 is 32.3. The average Bonchev–Trinajstić information content (AvgIpc) is 3.02. The second kappa shape index (κ2) is 24.7. The van der Waals surface area contributed by atoms with Crippen LogP contribution in [0.5, 0.6) is 0 Å². The van der Waals surface area contributed by atoms with Crippen molar-refractivity contribution in [3.8, 4) is 0 Å². The number of amides is 4. The van der Waals surface area contributed by atoms with Crippen molar-refractivity contribution in [2.24, 2.45) is 5.92 Å². The lowest BCUT2D eigenvalue weighted by atomic mass is 10.0. The van der Waals surface area contributed by atoms with E-state index >= 15 is 0 Å². The van der Waals surface area contributed by atoms with Gasteiger partial charge in [0.15, 0.2) is 0 Å². The van der Waals surface area contributed by atoms with E-state index in [-0.39, 0.29) is 31.5 Å². The van der Waals surface area contributed by atoms with Crippen LogP contribution >= 0.6 is 0 Å². The predicted octanol–water partition coefficient (Wildman–Crippen LogP) is 1.76. The zero-order chi connectivity index (χ0) is 35.8. The number of carbonyl (C=O) groups excluding carboxylic acids is 4. The number of anilines is 1. The second-order valence-corrected chi connectivity index (χ2v) is 12.1. The number of hydrogen-bond donors (Lipinski definition) is 5. The average molecular weight is 685 g/mol. The molecule has 2 atom stereocenters. The normalized spacial score (nSPS) is 12.7. The maximum atomic E-state index is 12.8. The SMILES string of the molecule is CC(C)[C@H](NC(=O)CCOCCOCCOCCOCCOCCNC(=O)OC(C)(C)C)C(=O)N[C@@H](C)C(=O)Nc1ccc(CO)cc1. The minimum Gasteiger partial charge on any atom is -0.444 e. The molecule has 0 aliphatic rings. The van der Waals surface area contributed by atoms with E-state index in [1.54, 1.807) is 65.8 Å². The van der Waals surface area contributed by atoms with E-state index in [4.69, 9.17) is 33.5 Å². The van der Waals surface area contributed by atoms with Crippen molar-refractivity contribution in [2.45, 2.75) is 72.3 Å². The molecule has 1 aromatic carbocycles. The maximum Gasteiger partial charge on any atom is 0.407 e. The summed E-state index contributed by atoms with van der Waals surface area (Å²) in [5.74, 6) is -1.43. The van der Waals surface area contributed by atoms with E-state index in [1.165, 1.54) is 0 Å². The maximum absolute atomic E-state index is 12.8. The van der Waals surface area contributed by atoms with Gasteiger partial charge in [-0.3, -0.25) is 14.4 Å². The predicted molar refractivity (Wildman–Crippen MR) is 178 cm³/mol. The van der Waals surface area contributed by atoms with Gasteiger partial charge in [0.25, 0.3) is 0 Å². The third-order valence-corrected chi connectivity index (χ3v) is 6.30. The molecule has 0 spiro atoms. The van der Waals surface area contributed by atoms with Crippen molar-refractivity contribution in [2.75, 3.05) is 77.9 Å². The van der Waals surface area contributed by atoms with E-state index in [1.807, 2.05) is 0 Å². The van der Waals surface area contributed by atoms with Crippen molar-refractivity contribution in [1.82, 2.24) is 16.0 Å². The Labute approximate surface area is 284 Å². The fraction of sp³-hybridized carbons (Fsp3) is 0.697. The van der Waals surface area contributed by atoms with Gasteiger partial charge in [-0.25, -0.2) is 4.79 Å². The summed E-state index contributed by atoms with van der Waals surface area (Å²) >= 11 is 0. The smallest absolute Gasteiger partial charge is 0.407 e. The molecule has 48 heavy (non-hydrogen) atoms. The highest BCUT2D eigenvalue weighted by molar-refractivity contribution is 5.98. The van der Waals surface area contributed by atoms with Crippen LogP contribution in [0.25, 0.3) is 0 Å². The molecular formula is C33H56N4O11. The molecule has 0 saturated carbocycles. The Morgan fingerprint density at radius 3 is 1.69 bits per heavy atom. The molecule has 4 amide bonds. The lowest BCUT2D eigenvalue weighted by Gasteiger charge is -2.24. The van der Waals surface area contributed by atoms with Gasteiger partial charge in [-0.2, -0.15) is 0 Å². The topological polar surface area (TPSA) is 192 Å². The lowest BCUT2D eigenvalue weighted by Crippen LogP contribution is -2.53. The number of hydrogen-bond acceptors (Lipinski definition) is 11. The van der Waals surface area contributed by atoms with Crippen LogP contribution in [-0.2, 0) is 49.4 Å². The van der Waals surface area contributed by atoms with Crippen molar-refractivity contribution in [3.05, 3.63) is 29.8 Å². The van der Waals surface area contributed by atoms with E-state index in [9.17, 15) is 19.2 Å². The summed E-state index contributed by atoms with van der Waals surface area (Å²) in [5.41, 5.74) is 0.719. The van der Waals surface area contributed by atoms with Crippen LogP contribution in [0.2, 0.25) is 0 Å². The number of alkyl carbamates (subject to hydrolysis) is 1. The highest BCUT2D eigenvalue weighted by atomic mass is 16.6. The molecule has 0 unspecified atom stereocenters. The fourth-order valence-corrected chi connectivity index (χ4v) is 3.78.